The third kappa shape index (κ3) is 4.60. The molecule has 1 aromatic rings. The van der Waals surface area contributed by atoms with E-state index < -0.39 is 29.6 Å². The van der Waals surface area contributed by atoms with E-state index in [1.165, 1.54) is 13.2 Å². The molecule has 0 aliphatic rings. The predicted octanol–water partition coefficient (Wildman–Crippen LogP) is 1.97. The van der Waals surface area contributed by atoms with Gasteiger partial charge in [-0.1, -0.05) is 19.4 Å². The topological polar surface area (TPSA) is 55.4 Å². The minimum atomic E-state index is -0.787. The van der Waals surface area contributed by atoms with E-state index in [4.69, 9.17) is 0 Å². The number of ether oxygens (including phenoxy) is 1. The van der Waals surface area contributed by atoms with Crippen LogP contribution < -0.4 is 5.32 Å². The second-order valence-corrected chi connectivity index (χ2v) is 4.34. The van der Waals surface area contributed by atoms with Crippen LogP contribution in [-0.4, -0.2) is 25.0 Å². The number of rotatable bonds is 6. The largest absolute Gasteiger partial charge is 0.467 e. The Morgan fingerprint density at radius 3 is 2.60 bits per heavy atom. The van der Waals surface area contributed by atoms with Crippen molar-refractivity contribution in [3.8, 4) is 0 Å². The minimum absolute atomic E-state index is 0.0732. The van der Waals surface area contributed by atoms with Crippen LogP contribution >= 0.6 is 0 Å². The van der Waals surface area contributed by atoms with Crippen molar-refractivity contribution in [2.45, 2.75) is 32.2 Å². The lowest BCUT2D eigenvalue weighted by Crippen LogP contribution is -2.42. The lowest BCUT2D eigenvalue weighted by Gasteiger charge is -2.15. The molecule has 0 aliphatic carbocycles. The Morgan fingerprint density at radius 1 is 1.35 bits per heavy atom. The molecule has 1 unspecified atom stereocenters. The fourth-order valence-electron chi connectivity index (χ4n) is 1.76. The van der Waals surface area contributed by atoms with Crippen molar-refractivity contribution in [1.82, 2.24) is 5.32 Å². The van der Waals surface area contributed by atoms with Crippen molar-refractivity contribution < 1.29 is 23.1 Å². The molecule has 0 fully saturated rings. The Hall–Kier alpha value is -1.98. The van der Waals surface area contributed by atoms with Crippen LogP contribution in [0.1, 0.15) is 25.3 Å². The van der Waals surface area contributed by atoms with Crippen LogP contribution in [0, 0.1) is 11.6 Å². The van der Waals surface area contributed by atoms with Crippen molar-refractivity contribution >= 4 is 11.9 Å². The summed E-state index contributed by atoms with van der Waals surface area (Å²) in [5.74, 6) is -2.55. The third-order valence-electron chi connectivity index (χ3n) is 2.76. The smallest absolute Gasteiger partial charge is 0.328 e. The van der Waals surface area contributed by atoms with Gasteiger partial charge in [0.1, 0.15) is 17.7 Å². The summed E-state index contributed by atoms with van der Waals surface area (Å²) in [5.41, 5.74) is 0.0732. The second kappa shape index (κ2) is 7.57. The highest BCUT2D eigenvalue weighted by Gasteiger charge is 2.21. The van der Waals surface area contributed by atoms with Gasteiger partial charge in [-0.3, -0.25) is 4.79 Å². The predicted molar refractivity (Wildman–Crippen MR) is 68.9 cm³/mol. The van der Waals surface area contributed by atoms with Crippen LogP contribution in [0.25, 0.3) is 0 Å². The summed E-state index contributed by atoms with van der Waals surface area (Å²) in [6.45, 7) is 1.86. The zero-order valence-corrected chi connectivity index (χ0v) is 11.4. The highest BCUT2D eigenvalue weighted by Crippen LogP contribution is 2.10. The Balaban J connectivity index is 2.67. The van der Waals surface area contributed by atoms with E-state index in [-0.39, 0.29) is 12.0 Å². The molecule has 1 aromatic carbocycles. The third-order valence-corrected chi connectivity index (χ3v) is 2.76. The molecule has 0 radical (unpaired) electrons. The monoisotopic (exact) mass is 285 g/mol. The van der Waals surface area contributed by atoms with Gasteiger partial charge in [0.05, 0.1) is 13.5 Å². The van der Waals surface area contributed by atoms with Crippen LogP contribution in [0.15, 0.2) is 18.2 Å². The van der Waals surface area contributed by atoms with Gasteiger partial charge in [-0.15, -0.1) is 0 Å². The summed E-state index contributed by atoms with van der Waals surface area (Å²) in [6.07, 6.45) is 0.860. The normalized spacial score (nSPS) is 11.8. The zero-order chi connectivity index (χ0) is 15.1. The van der Waals surface area contributed by atoms with Crippen molar-refractivity contribution in [1.29, 1.82) is 0 Å². The van der Waals surface area contributed by atoms with Crippen LogP contribution in [0.4, 0.5) is 8.78 Å². The van der Waals surface area contributed by atoms with Crippen LogP contribution in [-0.2, 0) is 20.7 Å². The van der Waals surface area contributed by atoms with Gasteiger partial charge in [0.15, 0.2) is 0 Å². The van der Waals surface area contributed by atoms with Crippen molar-refractivity contribution in [3.05, 3.63) is 35.4 Å². The molecule has 0 aliphatic heterocycles. The number of halogens is 2. The van der Waals surface area contributed by atoms with E-state index in [0.29, 0.717) is 18.9 Å². The number of esters is 1. The van der Waals surface area contributed by atoms with Gasteiger partial charge < -0.3 is 10.1 Å². The van der Waals surface area contributed by atoms with Crippen LogP contribution in [0.2, 0.25) is 0 Å². The first-order valence-electron chi connectivity index (χ1n) is 6.29. The molecule has 1 amide bonds. The Morgan fingerprint density at radius 2 is 2.05 bits per heavy atom. The number of carbonyl (C=O) groups excluding carboxylic acids is 2. The van der Waals surface area contributed by atoms with Gasteiger partial charge in [0.25, 0.3) is 0 Å². The number of nitrogens with one attached hydrogen (secondary N) is 1. The SMILES string of the molecule is CCCC(NC(=O)Cc1ccc(F)cc1F)C(=O)OC. The Bertz CT molecular complexity index is 491. The molecular weight excluding hydrogens is 268 g/mol. The lowest BCUT2D eigenvalue weighted by molar-refractivity contribution is -0.145. The molecule has 0 spiro atoms. The molecule has 0 bridgehead atoms. The first-order chi connectivity index (χ1) is 9.47. The van der Waals surface area contributed by atoms with Gasteiger partial charge in [0.2, 0.25) is 5.91 Å². The number of hydrogen-bond acceptors (Lipinski definition) is 3. The van der Waals surface area contributed by atoms with Gasteiger partial charge in [0, 0.05) is 6.07 Å². The van der Waals surface area contributed by atoms with Crippen molar-refractivity contribution in [2.75, 3.05) is 7.11 Å². The van der Waals surface area contributed by atoms with E-state index in [0.717, 1.165) is 6.07 Å². The standard InChI is InChI=1S/C14H17F2NO3/c1-3-4-12(14(19)20-2)17-13(18)7-9-5-6-10(15)8-11(9)16/h5-6,8,12H,3-4,7H2,1-2H3,(H,17,18). The Kier molecular flexibility index (Phi) is 6.09. The molecular formula is C14H17F2NO3. The minimum Gasteiger partial charge on any atom is -0.467 e. The molecule has 0 heterocycles. The molecule has 6 heteroatoms. The van der Waals surface area contributed by atoms with Gasteiger partial charge in [-0.2, -0.15) is 0 Å². The highest BCUT2D eigenvalue weighted by atomic mass is 19.1. The number of benzene rings is 1. The quantitative estimate of drug-likeness (QED) is 0.813. The fourth-order valence-corrected chi connectivity index (χ4v) is 1.76. The maximum atomic E-state index is 13.4. The Labute approximate surface area is 116 Å². The molecule has 0 saturated carbocycles. The molecule has 110 valence electrons. The lowest BCUT2D eigenvalue weighted by atomic mass is 10.1. The maximum Gasteiger partial charge on any atom is 0.328 e. The van der Waals surface area contributed by atoms with E-state index in [1.54, 1.807) is 0 Å². The summed E-state index contributed by atoms with van der Waals surface area (Å²) >= 11 is 0. The van der Waals surface area contributed by atoms with Gasteiger partial charge >= 0.3 is 5.97 Å². The second-order valence-electron chi connectivity index (χ2n) is 4.34. The fraction of sp³-hybridized carbons (Fsp3) is 0.429. The molecule has 0 saturated heterocycles. The first-order valence-corrected chi connectivity index (χ1v) is 6.29. The van der Waals surface area contributed by atoms with Gasteiger partial charge in [-0.05, 0) is 18.1 Å². The van der Waals surface area contributed by atoms with E-state index in [2.05, 4.69) is 10.1 Å². The van der Waals surface area contributed by atoms with Crippen LogP contribution in [0.3, 0.4) is 0 Å². The van der Waals surface area contributed by atoms with E-state index >= 15 is 0 Å². The molecule has 1 N–H and O–H groups in total. The van der Waals surface area contributed by atoms with Crippen LogP contribution in [0.5, 0.6) is 0 Å². The summed E-state index contributed by atoms with van der Waals surface area (Å²) in [4.78, 5) is 23.2. The number of methoxy groups -OCH3 is 1. The summed E-state index contributed by atoms with van der Waals surface area (Å²) < 4.78 is 30.7. The van der Waals surface area contributed by atoms with E-state index in [1.807, 2.05) is 6.92 Å². The van der Waals surface area contributed by atoms with Crippen molar-refractivity contribution in [3.63, 3.8) is 0 Å². The van der Waals surface area contributed by atoms with E-state index in [9.17, 15) is 18.4 Å². The molecule has 1 rings (SSSR count). The first kappa shape index (κ1) is 16.1. The molecule has 1 atom stereocenters. The summed E-state index contributed by atoms with van der Waals surface area (Å²) in [6, 6.07) is 2.25. The molecule has 0 aromatic heterocycles. The summed E-state index contributed by atoms with van der Waals surface area (Å²) in [7, 11) is 1.23. The zero-order valence-electron chi connectivity index (χ0n) is 11.4. The summed E-state index contributed by atoms with van der Waals surface area (Å²) in [5, 5.41) is 2.49. The van der Waals surface area contributed by atoms with Crippen molar-refractivity contribution in [2.24, 2.45) is 0 Å². The molecule has 4 nitrogen and oxygen atoms in total. The number of amides is 1. The highest BCUT2D eigenvalue weighted by molar-refractivity contribution is 5.85. The average molecular weight is 285 g/mol. The van der Waals surface area contributed by atoms with Gasteiger partial charge in [-0.25, -0.2) is 13.6 Å². The number of hydrogen-bond donors (Lipinski definition) is 1. The number of carbonyl (C=O) groups is 2. The maximum absolute atomic E-state index is 13.4. The molecule has 20 heavy (non-hydrogen) atoms. The average Bonchev–Trinajstić information content (AvgIpc) is 2.40.